The number of para-hydroxylation sites is 1. The van der Waals surface area contributed by atoms with Crippen molar-refractivity contribution in [1.29, 1.82) is 0 Å². The molecule has 0 radical (unpaired) electrons. The van der Waals surface area contributed by atoms with Crippen LogP contribution in [0.5, 0.6) is 11.5 Å². The lowest BCUT2D eigenvalue weighted by Gasteiger charge is -2.29. The number of rotatable bonds is 9. The maximum absolute atomic E-state index is 5.51. The number of fused-ring (bicyclic) bond motifs is 1. The summed E-state index contributed by atoms with van der Waals surface area (Å²) >= 11 is 0. The third-order valence-electron chi connectivity index (χ3n) is 6.45. The molecule has 0 unspecified atom stereocenters. The summed E-state index contributed by atoms with van der Waals surface area (Å²) in [5.41, 5.74) is 2.05. The van der Waals surface area contributed by atoms with Crippen molar-refractivity contribution in [3.8, 4) is 11.5 Å². The maximum atomic E-state index is 5.51. The zero-order valence-corrected chi connectivity index (χ0v) is 20.1. The second-order valence-corrected chi connectivity index (χ2v) is 8.92. The van der Waals surface area contributed by atoms with Gasteiger partial charge in [-0.1, -0.05) is 18.2 Å². The Labute approximate surface area is 196 Å². The smallest absolute Gasteiger partial charge is 0.225 e. The number of nitrogens with one attached hydrogen (secondary N) is 2. The number of nitrogens with zero attached hydrogens (tertiary/aromatic N) is 3. The number of ether oxygens (including phenoxy) is 2. The summed E-state index contributed by atoms with van der Waals surface area (Å²) in [5, 5.41) is 8.29. The highest BCUT2D eigenvalue weighted by atomic mass is 16.5. The molecule has 1 aliphatic rings. The molecule has 1 aromatic heterocycles. The molecule has 0 bridgehead atoms. The molecule has 176 valence electrons. The van der Waals surface area contributed by atoms with Crippen molar-refractivity contribution in [1.82, 2.24) is 15.3 Å². The molecule has 0 atom stereocenters. The van der Waals surface area contributed by atoms with E-state index in [1.54, 1.807) is 14.2 Å². The molecule has 1 heterocycles. The Morgan fingerprint density at radius 2 is 1.61 bits per heavy atom. The van der Waals surface area contributed by atoms with Gasteiger partial charge in [0, 0.05) is 37.6 Å². The number of hydrogen-bond donors (Lipinski definition) is 2. The monoisotopic (exact) mass is 449 g/mol. The van der Waals surface area contributed by atoms with Crippen LogP contribution in [0.25, 0.3) is 10.9 Å². The van der Waals surface area contributed by atoms with Crippen LogP contribution in [-0.4, -0.2) is 50.9 Å². The first kappa shape index (κ1) is 23.1. The third kappa shape index (κ3) is 5.47. The van der Waals surface area contributed by atoms with Crippen LogP contribution in [0, 0.1) is 5.92 Å². The summed E-state index contributed by atoms with van der Waals surface area (Å²) in [7, 11) is 7.45. The normalized spacial score (nSPS) is 18.2. The molecule has 0 aliphatic heterocycles. The van der Waals surface area contributed by atoms with E-state index in [2.05, 4.69) is 27.7 Å². The molecule has 0 saturated heterocycles. The van der Waals surface area contributed by atoms with Crippen molar-refractivity contribution >= 4 is 22.7 Å². The molecule has 7 heteroatoms. The van der Waals surface area contributed by atoms with Crippen LogP contribution in [0.15, 0.2) is 42.5 Å². The van der Waals surface area contributed by atoms with Gasteiger partial charge in [-0.3, -0.25) is 0 Å². The molecule has 1 aliphatic carbocycles. The Kier molecular flexibility index (Phi) is 7.50. The molecular formula is C26H35N5O2. The van der Waals surface area contributed by atoms with Crippen LogP contribution >= 0.6 is 0 Å². The first-order valence-corrected chi connectivity index (χ1v) is 11.7. The molecule has 4 rings (SSSR count). The summed E-state index contributed by atoms with van der Waals surface area (Å²) in [4.78, 5) is 11.6. The molecule has 0 spiro atoms. The minimum Gasteiger partial charge on any atom is -0.496 e. The van der Waals surface area contributed by atoms with E-state index in [9.17, 15) is 0 Å². The molecule has 2 N–H and O–H groups in total. The van der Waals surface area contributed by atoms with Crippen LogP contribution in [-0.2, 0) is 6.54 Å². The predicted molar refractivity (Wildman–Crippen MR) is 134 cm³/mol. The first-order valence-electron chi connectivity index (χ1n) is 11.7. The Balaban J connectivity index is 1.30. The fourth-order valence-electron chi connectivity index (χ4n) is 4.66. The van der Waals surface area contributed by atoms with E-state index in [1.807, 2.05) is 44.4 Å². The number of aromatic nitrogens is 2. The van der Waals surface area contributed by atoms with Crippen molar-refractivity contribution in [3.63, 3.8) is 0 Å². The molecular weight excluding hydrogens is 414 g/mol. The van der Waals surface area contributed by atoms with Gasteiger partial charge in [-0.25, -0.2) is 4.98 Å². The van der Waals surface area contributed by atoms with Gasteiger partial charge in [0.05, 0.1) is 19.7 Å². The van der Waals surface area contributed by atoms with Gasteiger partial charge in [0.15, 0.2) is 0 Å². The Bertz CT molecular complexity index is 1040. The summed E-state index contributed by atoms with van der Waals surface area (Å²) in [5.74, 6) is 4.07. The summed E-state index contributed by atoms with van der Waals surface area (Å²) < 4.78 is 11.0. The van der Waals surface area contributed by atoms with E-state index in [-0.39, 0.29) is 0 Å². The van der Waals surface area contributed by atoms with Gasteiger partial charge >= 0.3 is 0 Å². The second-order valence-electron chi connectivity index (χ2n) is 8.92. The van der Waals surface area contributed by atoms with Crippen molar-refractivity contribution in [3.05, 3.63) is 48.0 Å². The lowest BCUT2D eigenvalue weighted by molar-refractivity contribution is 0.321. The average Bonchev–Trinajstić information content (AvgIpc) is 2.84. The van der Waals surface area contributed by atoms with Gasteiger partial charge in [0.25, 0.3) is 0 Å². The van der Waals surface area contributed by atoms with Gasteiger partial charge in [-0.05, 0) is 62.4 Å². The van der Waals surface area contributed by atoms with Crippen LogP contribution in [0.3, 0.4) is 0 Å². The Morgan fingerprint density at radius 1 is 0.909 bits per heavy atom. The van der Waals surface area contributed by atoms with Crippen molar-refractivity contribution < 1.29 is 9.47 Å². The largest absolute Gasteiger partial charge is 0.496 e. The SMILES string of the molecule is COc1cccc(OC)c1CNC[C@H]1CC[C@@H](Nc2nc(N(C)C)c3ccccc3n2)CC1. The van der Waals surface area contributed by atoms with E-state index in [0.717, 1.165) is 65.7 Å². The standard InChI is InChI=1S/C26H35N5O2/c1-31(2)25-20-8-5-6-9-22(20)29-26(30-25)28-19-14-12-18(13-15-19)16-27-17-21-23(32-3)10-7-11-24(21)33-4/h5-11,18-19,27H,12-17H2,1-4H3,(H,28,29,30)/t18-,19+. The fraction of sp³-hybridized carbons (Fsp3) is 0.462. The highest BCUT2D eigenvalue weighted by Crippen LogP contribution is 2.30. The fourth-order valence-corrected chi connectivity index (χ4v) is 4.66. The zero-order valence-electron chi connectivity index (χ0n) is 20.1. The zero-order chi connectivity index (χ0) is 23.2. The highest BCUT2D eigenvalue weighted by Gasteiger charge is 2.22. The van der Waals surface area contributed by atoms with E-state index >= 15 is 0 Å². The lowest BCUT2D eigenvalue weighted by atomic mass is 9.86. The van der Waals surface area contributed by atoms with Gasteiger partial charge in [0.1, 0.15) is 17.3 Å². The molecule has 3 aromatic rings. The van der Waals surface area contributed by atoms with Gasteiger partial charge < -0.3 is 25.0 Å². The van der Waals surface area contributed by atoms with Gasteiger partial charge in [-0.2, -0.15) is 4.98 Å². The molecule has 33 heavy (non-hydrogen) atoms. The van der Waals surface area contributed by atoms with E-state index in [4.69, 9.17) is 19.4 Å². The van der Waals surface area contributed by atoms with Crippen molar-refractivity contribution in [2.24, 2.45) is 5.92 Å². The molecule has 7 nitrogen and oxygen atoms in total. The van der Waals surface area contributed by atoms with E-state index in [0.29, 0.717) is 12.0 Å². The van der Waals surface area contributed by atoms with Crippen LogP contribution in [0.2, 0.25) is 0 Å². The molecule has 1 saturated carbocycles. The minimum atomic E-state index is 0.409. The maximum Gasteiger partial charge on any atom is 0.225 e. The number of hydrogen-bond acceptors (Lipinski definition) is 7. The Morgan fingerprint density at radius 3 is 2.27 bits per heavy atom. The molecule has 2 aromatic carbocycles. The second kappa shape index (κ2) is 10.7. The van der Waals surface area contributed by atoms with Crippen LogP contribution in [0.4, 0.5) is 11.8 Å². The first-order chi connectivity index (χ1) is 16.1. The quantitative estimate of drug-likeness (QED) is 0.499. The third-order valence-corrected chi connectivity index (χ3v) is 6.45. The average molecular weight is 450 g/mol. The number of anilines is 2. The summed E-state index contributed by atoms with van der Waals surface area (Å²) in [6.45, 7) is 1.73. The van der Waals surface area contributed by atoms with Crippen molar-refractivity contribution in [2.45, 2.75) is 38.3 Å². The van der Waals surface area contributed by atoms with Gasteiger partial charge in [0.2, 0.25) is 5.95 Å². The van der Waals surface area contributed by atoms with E-state index < -0.39 is 0 Å². The minimum absolute atomic E-state index is 0.409. The Hall–Kier alpha value is -3.06. The summed E-state index contributed by atoms with van der Waals surface area (Å²) in [6.07, 6.45) is 4.61. The topological polar surface area (TPSA) is 71.5 Å². The lowest BCUT2D eigenvalue weighted by Crippen LogP contribution is -2.31. The molecule has 1 fully saturated rings. The number of methoxy groups -OCH3 is 2. The van der Waals surface area contributed by atoms with Crippen LogP contribution < -0.4 is 25.0 Å². The van der Waals surface area contributed by atoms with Gasteiger partial charge in [-0.15, -0.1) is 0 Å². The molecule has 0 amide bonds. The number of benzene rings is 2. The van der Waals surface area contributed by atoms with E-state index in [1.165, 1.54) is 12.8 Å². The predicted octanol–water partition coefficient (Wildman–Crippen LogP) is 4.47. The summed E-state index contributed by atoms with van der Waals surface area (Å²) in [6, 6.07) is 14.5. The van der Waals surface area contributed by atoms with Crippen molar-refractivity contribution in [2.75, 3.05) is 45.1 Å². The highest BCUT2D eigenvalue weighted by molar-refractivity contribution is 5.90. The van der Waals surface area contributed by atoms with Crippen LogP contribution in [0.1, 0.15) is 31.2 Å².